The quantitative estimate of drug-likeness (QED) is 0.819. The molecule has 0 aliphatic carbocycles. The van der Waals surface area contributed by atoms with Gasteiger partial charge in [-0.2, -0.15) is 9.78 Å². The van der Waals surface area contributed by atoms with Crippen LogP contribution in [0.1, 0.15) is 13.8 Å². The summed E-state index contributed by atoms with van der Waals surface area (Å²) in [6.07, 6.45) is 2.34. The van der Waals surface area contributed by atoms with Gasteiger partial charge in [-0.1, -0.05) is 23.2 Å². The van der Waals surface area contributed by atoms with Crippen LogP contribution in [0.25, 0.3) is 5.69 Å². The van der Waals surface area contributed by atoms with E-state index < -0.39 is 22.2 Å². The molecule has 1 heterocycles. The van der Waals surface area contributed by atoms with Gasteiger partial charge in [-0.25, -0.2) is 4.39 Å². The van der Waals surface area contributed by atoms with Gasteiger partial charge in [-0.15, -0.1) is 0 Å². The second-order valence-electron chi connectivity index (χ2n) is 4.89. The SMILES string of the molecule is CC(C)Oc1cc(-n2ncc(S(C)=O)c(Cl)c2=O)c(F)cc1Cl. The summed E-state index contributed by atoms with van der Waals surface area (Å²) >= 11 is 11.8. The Morgan fingerprint density at radius 1 is 1.35 bits per heavy atom. The summed E-state index contributed by atoms with van der Waals surface area (Å²) in [4.78, 5) is 12.3. The number of rotatable bonds is 4. The molecule has 1 unspecified atom stereocenters. The van der Waals surface area contributed by atoms with Gasteiger partial charge in [-0.3, -0.25) is 9.00 Å². The Morgan fingerprint density at radius 2 is 2.00 bits per heavy atom. The van der Waals surface area contributed by atoms with E-state index >= 15 is 0 Å². The minimum atomic E-state index is -1.48. The summed E-state index contributed by atoms with van der Waals surface area (Å²) in [7, 11) is -1.48. The van der Waals surface area contributed by atoms with Crippen LogP contribution in [-0.2, 0) is 10.8 Å². The molecule has 0 radical (unpaired) electrons. The maximum Gasteiger partial charge on any atom is 0.291 e. The first-order chi connectivity index (χ1) is 10.7. The number of benzene rings is 1. The molecular weight excluding hydrogens is 366 g/mol. The molecule has 0 bridgehead atoms. The lowest BCUT2D eigenvalue weighted by Crippen LogP contribution is -2.24. The maximum atomic E-state index is 14.2. The number of ether oxygens (including phenoxy) is 1. The molecule has 1 atom stereocenters. The molecule has 0 amide bonds. The predicted octanol–water partition coefficient (Wildman–Crippen LogP) is 3.20. The van der Waals surface area contributed by atoms with Crippen LogP contribution in [0, 0.1) is 5.82 Å². The van der Waals surface area contributed by atoms with Gasteiger partial charge in [0.15, 0.2) is 5.82 Å². The fourth-order valence-electron chi connectivity index (χ4n) is 1.81. The Morgan fingerprint density at radius 3 is 2.57 bits per heavy atom. The van der Waals surface area contributed by atoms with E-state index in [1.165, 1.54) is 12.3 Å². The highest BCUT2D eigenvalue weighted by Gasteiger charge is 2.18. The van der Waals surface area contributed by atoms with Crippen LogP contribution < -0.4 is 10.3 Å². The summed E-state index contributed by atoms with van der Waals surface area (Å²) in [5, 5.41) is 3.63. The van der Waals surface area contributed by atoms with Crippen LogP contribution in [0.2, 0.25) is 10.0 Å². The third-order valence-electron chi connectivity index (χ3n) is 2.79. The predicted molar refractivity (Wildman–Crippen MR) is 87.9 cm³/mol. The van der Waals surface area contributed by atoms with E-state index in [2.05, 4.69) is 5.10 Å². The summed E-state index contributed by atoms with van der Waals surface area (Å²) in [5.74, 6) is -0.548. The molecule has 5 nitrogen and oxygen atoms in total. The molecule has 0 saturated carbocycles. The van der Waals surface area contributed by atoms with Gasteiger partial charge < -0.3 is 4.74 Å². The van der Waals surface area contributed by atoms with Crippen LogP contribution in [0.4, 0.5) is 4.39 Å². The van der Waals surface area contributed by atoms with Crippen molar-refractivity contribution < 1.29 is 13.3 Å². The molecule has 0 aliphatic rings. The van der Waals surface area contributed by atoms with Crippen molar-refractivity contribution in [2.45, 2.75) is 24.8 Å². The summed E-state index contributed by atoms with van der Waals surface area (Å²) in [5.41, 5.74) is -0.943. The van der Waals surface area contributed by atoms with Gasteiger partial charge in [0.1, 0.15) is 16.5 Å². The highest BCUT2D eigenvalue weighted by molar-refractivity contribution is 7.84. The number of halogens is 3. The average molecular weight is 379 g/mol. The summed E-state index contributed by atoms with van der Waals surface area (Å²) < 4.78 is 31.9. The Labute approximate surface area is 144 Å². The zero-order chi connectivity index (χ0) is 17.3. The Kier molecular flexibility index (Phi) is 5.44. The molecule has 0 N–H and O–H groups in total. The van der Waals surface area contributed by atoms with Crippen molar-refractivity contribution in [3.8, 4) is 11.4 Å². The lowest BCUT2D eigenvalue weighted by molar-refractivity contribution is 0.242. The van der Waals surface area contributed by atoms with E-state index in [1.54, 1.807) is 13.8 Å². The Hall–Kier alpha value is -1.44. The summed E-state index contributed by atoms with van der Waals surface area (Å²) in [6.45, 7) is 3.57. The largest absolute Gasteiger partial charge is 0.489 e. The van der Waals surface area contributed by atoms with Crippen molar-refractivity contribution >= 4 is 34.0 Å². The molecule has 0 aliphatic heterocycles. The first-order valence-corrected chi connectivity index (χ1v) is 8.81. The van der Waals surface area contributed by atoms with E-state index in [0.29, 0.717) is 0 Å². The zero-order valence-corrected chi connectivity index (χ0v) is 14.8. The van der Waals surface area contributed by atoms with Crippen LogP contribution in [-0.4, -0.2) is 26.3 Å². The number of hydrogen-bond acceptors (Lipinski definition) is 4. The van der Waals surface area contributed by atoms with Crippen molar-refractivity contribution in [1.82, 2.24) is 9.78 Å². The third-order valence-corrected chi connectivity index (χ3v) is 4.49. The lowest BCUT2D eigenvalue weighted by Gasteiger charge is -2.14. The summed E-state index contributed by atoms with van der Waals surface area (Å²) in [6, 6.07) is 2.30. The van der Waals surface area contributed by atoms with Crippen LogP contribution in [0.15, 0.2) is 28.0 Å². The molecule has 124 valence electrons. The highest BCUT2D eigenvalue weighted by atomic mass is 35.5. The average Bonchev–Trinajstić information content (AvgIpc) is 2.44. The van der Waals surface area contributed by atoms with Gasteiger partial charge >= 0.3 is 0 Å². The topological polar surface area (TPSA) is 61.2 Å². The van der Waals surface area contributed by atoms with Crippen LogP contribution >= 0.6 is 23.2 Å². The first-order valence-electron chi connectivity index (χ1n) is 6.49. The van der Waals surface area contributed by atoms with Crippen molar-refractivity contribution in [2.75, 3.05) is 6.26 Å². The molecular formula is C14H13Cl2FN2O3S. The van der Waals surface area contributed by atoms with Crippen molar-refractivity contribution in [1.29, 1.82) is 0 Å². The minimum Gasteiger partial charge on any atom is -0.489 e. The van der Waals surface area contributed by atoms with Gasteiger partial charge in [-0.05, 0) is 19.9 Å². The normalized spacial score (nSPS) is 12.5. The van der Waals surface area contributed by atoms with Crippen molar-refractivity contribution in [2.24, 2.45) is 0 Å². The van der Waals surface area contributed by atoms with E-state index in [4.69, 9.17) is 27.9 Å². The monoisotopic (exact) mass is 378 g/mol. The second kappa shape index (κ2) is 6.98. The van der Waals surface area contributed by atoms with Gasteiger partial charge in [0.2, 0.25) is 0 Å². The Bertz CT molecular complexity index is 840. The standard InChI is InChI=1S/C14H13Cl2FN2O3S/c1-7(2)22-11-5-10(9(17)4-8(11)15)19-14(20)13(16)12(6-18-19)23(3)21/h4-7H,1-3H3. The van der Waals surface area contributed by atoms with Crippen molar-refractivity contribution in [3.05, 3.63) is 44.5 Å². The molecule has 1 aromatic heterocycles. The third kappa shape index (κ3) is 3.73. The molecule has 2 aromatic rings. The second-order valence-corrected chi connectivity index (χ2v) is 7.03. The molecule has 9 heteroatoms. The fourth-order valence-corrected chi connectivity index (χ4v) is 3.00. The zero-order valence-electron chi connectivity index (χ0n) is 12.5. The first kappa shape index (κ1) is 17.9. The van der Waals surface area contributed by atoms with E-state index in [0.717, 1.165) is 16.9 Å². The number of nitrogens with zero attached hydrogens (tertiary/aromatic N) is 2. The number of aromatic nitrogens is 2. The molecule has 0 spiro atoms. The molecule has 0 saturated heterocycles. The smallest absolute Gasteiger partial charge is 0.291 e. The van der Waals surface area contributed by atoms with Gasteiger partial charge in [0.05, 0.1) is 33.0 Å². The molecule has 2 rings (SSSR count). The fraction of sp³-hybridized carbons (Fsp3) is 0.286. The van der Waals surface area contributed by atoms with Crippen LogP contribution in [0.5, 0.6) is 5.75 Å². The van der Waals surface area contributed by atoms with E-state index in [9.17, 15) is 13.4 Å². The minimum absolute atomic E-state index is 0.0744. The van der Waals surface area contributed by atoms with Gasteiger partial charge in [0.25, 0.3) is 5.56 Å². The maximum absolute atomic E-state index is 14.2. The molecule has 23 heavy (non-hydrogen) atoms. The van der Waals surface area contributed by atoms with E-state index in [-0.39, 0.29) is 32.5 Å². The lowest BCUT2D eigenvalue weighted by atomic mass is 10.2. The van der Waals surface area contributed by atoms with Gasteiger partial charge in [0, 0.05) is 12.3 Å². The van der Waals surface area contributed by atoms with Crippen LogP contribution in [0.3, 0.4) is 0 Å². The number of hydrogen-bond donors (Lipinski definition) is 0. The molecule has 0 fully saturated rings. The Balaban J connectivity index is 2.65. The highest BCUT2D eigenvalue weighted by Crippen LogP contribution is 2.30. The molecule has 1 aromatic carbocycles. The van der Waals surface area contributed by atoms with E-state index in [1.807, 2.05) is 0 Å². The van der Waals surface area contributed by atoms with Crippen molar-refractivity contribution in [3.63, 3.8) is 0 Å².